The summed E-state index contributed by atoms with van der Waals surface area (Å²) < 4.78 is 7.17. The number of amides is 1. The van der Waals surface area contributed by atoms with Gasteiger partial charge in [0.15, 0.2) is 0 Å². The van der Waals surface area contributed by atoms with Crippen molar-refractivity contribution < 1.29 is 9.53 Å². The highest BCUT2D eigenvalue weighted by Crippen LogP contribution is 2.42. The SMILES string of the molecule is CCCC(=O)N1c2ncnn2[C@H](c2ccccc2)C[C@@H]1c1ccc(OC)cc1. The minimum Gasteiger partial charge on any atom is -0.497 e. The normalized spacial score (nSPS) is 18.6. The topological polar surface area (TPSA) is 60.2 Å². The zero-order valence-corrected chi connectivity index (χ0v) is 16.2. The first-order valence-electron chi connectivity index (χ1n) is 9.63. The molecule has 6 heteroatoms. The van der Waals surface area contributed by atoms with Crippen LogP contribution in [-0.2, 0) is 4.79 Å². The van der Waals surface area contributed by atoms with Crippen LogP contribution < -0.4 is 9.64 Å². The van der Waals surface area contributed by atoms with Crippen LogP contribution in [0.4, 0.5) is 5.95 Å². The second-order valence-corrected chi connectivity index (χ2v) is 6.97. The van der Waals surface area contributed by atoms with E-state index in [0.717, 1.165) is 29.7 Å². The van der Waals surface area contributed by atoms with Gasteiger partial charge in [-0.3, -0.25) is 9.69 Å². The molecular formula is C22H24N4O2. The maximum Gasteiger partial charge on any atom is 0.231 e. The number of aromatic nitrogens is 3. The van der Waals surface area contributed by atoms with Crippen LogP contribution in [0.5, 0.6) is 5.75 Å². The largest absolute Gasteiger partial charge is 0.497 e. The molecule has 0 bridgehead atoms. The lowest BCUT2D eigenvalue weighted by molar-refractivity contribution is -0.119. The Hall–Kier alpha value is -3.15. The van der Waals surface area contributed by atoms with Crippen molar-refractivity contribution in [3.05, 3.63) is 72.1 Å². The third-order valence-electron chi connectivity index (χ3n) is 5.24. The molecule has 0 saturated carbocycles. The molecule has 0 saturated heterocycles. The summed E-state index contributed by atoms with van der Waals surface area (Å²) in [6, 6.07) is 18.1. The van der Waals surface area contributed by atoms with Gasteiger partial charge in [-0.05, 0) is 36.1 Å². The average molecular weight is 376 g/mol. The van der Waals surface area contributed by atoms with E-state index in [2.05, 4.69) is 22.2 Å². The number of benzene rings is 2. The summed E-state index contributed by atoms with van der Waals surface area (Å²) in [4.78, 5) is 19.3. The Balaban J connectivity index is 1.80. The first-order chi connectivity index (χ1) is 13.7. The van der Waals surface area contributed by atoms with E-state index < -0.39 is 0 Å². The van der Waals surface area contributed by atoms with Crippen LogP contribution in [0.1, 0.15) is 49.4 Å². The first-order valence-corrected chi connectivity index (χ1v) is 9.63. The molecular weight excluding hydrogens is 352 g/mol. The summed E-state index contributed by atoms with van der Waals surface area (Å²) in [7, 11) is 1.65. The van der Waals surface area contributed by atoms with Crippen LogP contribution in [0.15, 0.2) is 60.9 Å². The molecule has 0 radical (unpaired) electrons. The van der Waals surface area contributed by atoms with Crippen molar-refractivity contribution in [2.24, 2.45) is 0 Å². The van der Waals surface area contributed by atoms with Crippen molar-refractivity contribution in [3.8, 4) is 5.75 Å². The zero-order chi connectivity index (χ0) is 19.5. The fraction of sp³-hybridized carbons (Fsp3) is 0.318. The standard InChI is InChI=1S/C22H24N4O2/c1-3-7-21(27)25-19(17-10-12-18(28-2)13-11-17)14-20(16-8-5-4-6-9-16)26-22(25)23-15-24-26/h4-6,8-13,15,19-20H,3,7,14H2,1-2H3/t19-,20+/m1/s1. The molecule has 1 aliphatic rings. The van der Waals surface area contributed by atoms with Gasteiger partial charge in [-0.15, -0.1) is 0 Å². The van der Waals surface area contributed by atoms with E-state index in [1.165, 1.54) is 6.33 Å². The molecule has 4 rings (SSSR count). The molecule has 3 aromatic rings. The maximum atomic E-state index is 13.0. The van der Waals surface area contributed by atoms with Crippen LogP contribution in [0.25, 0.3) is 0 Å². The van der Waals surface area contributed by atoms with Gasteiger partial charge >= 0.3 is 0 Å². The van der Waals surface area contributed by atoms with Gasteiger partial charge in [0.25, 0.3) is 0 Å². The molecule has 2 heterocycles. The van der Waals surface area contributed by atoms with Gasteiger partial charge in [0.2, 0.25) is 11.9 Å². The molecule has 0 unspecified atom stereocenters. The van der Waals surface area contributed by atoms with Crippen molar-refractivity contribution in [2.75, 3.05) is 12.0 Å². The van der Waals surface area contributed by atoms with Crippen molar-refractivity contribution in [2.45, 2.75) is 38.3 Å². The predicted octanol–water partition coefficient (Wildman–Crippen LogP) is 4.15. The molecule has 1 aromatic heterocycles. The predicted molar refractivity (Wildman–Crippen MR) is 107 cm³/mol. The molecule has 0 fully saturated rings. The highest BCUT2D eigenvalue weighted by atomic mass is 16.5. The Morgan fingerprint density at radius 3 is 2.46 bits per heavy atom. The lowest BCUT2D eigenvalue weighted by Crippen LogP contribution is -2.42. The summed E-state index contributed by atoms with van der Waals surface area (Å²) in [6.45, 7) is 2.02. The first kappa shape index (κ1) is 18.2. The van der Waals surface area contributed by atoms with Gasteiger partial charge in [0.05, 0.1) is 19.2 Å². The van der Waals surface area contributed by atoms with Crippen LogP contribution in [0.2, 0.25) is 0 Å². The molecule has 2 atom stereocenters. The number of anilines is 1. The highest BCUT2D eigenvalue weighted by molar-refractivity contribution is 5.92. The lowest BCUT2D eigenvalue weighted by Gasteiger charge is -2.39. The number of carbonyl (C=O) groups excluding carboxylic acids is 1. The molecule has 6 nitrogen and oxygen atoms in total. The maximum absolute atomic E-state index is 13.0. The Labute approximate surface area is 164 Å². The lowest BCUT2D eigenvalue weighted by atomic mass is 9.91. The second-order valence-electron chi connectivity index (χ2n) is 6.97. The van der Waals surface area contributed by atoms with Crippen molar-refractivity contribution in [1.82, 2.24) is 14.8 Å². The summed E-state index contributed by atoms with van der Waals surface area (Å²) in [5.74, 6) is 1.48. The van der Waals surface area contributed by atoms with Crippen LogP contribution in [0, 0.1) is 0 Å². The molecule has 2 aromatic carbocycles. The number of rotatable bonds is 5. The molecule has 144 valence electrons. The second kappa shape index (κ2) is 7.84. The smallest absolute Gasteiger partial charge is 0.231 e. The molecule has 1 aliphatic heterocycles. The number of carbonyl (C=O) groups is 1. The van der Waals surface area contributed by atoms with Gasteiger partial charge in [-0.2, -0.15) is 10.1 Å². The van der Waals surface area contributed by atoms with E-state index in [4.69, 9.17) is 4.74 Å². The number of methoxy groups -OCH3 is 1. The van der Waals surface area contributed by atoms with Crippen LogP contribution in [0.3, 0.4) is 0 Å². The Bertz CT molecular complexity index is 937. The molecule has 1 amide bonds. The van der Waals surface area contributed by atoms with Gasteiger partial charge in [0.1, 0.15) is 12.1 Å². The Morgan fingerprint density at radius 2 is 1.79 bits per heavy atom. The Morgan fingerprint density at radius 1 is 1.07 bits per heavy atom. The van der Waals surface area contributed by atoms with Gasteiger partial charge < -0.3 is 4.74 Å². The third kappa shape index (κ3) is 3.26. The van der Waals surface area contributed by atoms with E-state index in [1.807, 2.05) is 59.0 Å². The Kier molecular flexibility index (Phi) is 5.10. The van der Waals surface area contributed by atoms with Gasteiger partial charge in [0, 0.05) is 6.42 Å². The molecule has 0 N–H and O–H groups in total. The fourth-order valence-corrected chi connectivity index (χ4v) is 3.88. The number of ether oxygens (including phenoxy) is 1. The summed E-state index contributed by atoms with van der Waals surface area (Å²) in [5, 5.41) is 4.45. The average Bonchev–Trinajstić information content (AvgIpc) is 3.23. The van der Waals surface area contributed by atoms with E-state index in [1.54, 1.807) is 7.11 Å². The van der Waals surface area contributed by atoms with E-state index in [-0.39, 0.29) is 18.0 Å². The van der Waals surface area contributed by atoms with E-state index in [0.29, 0.717) is 12.4 Å². The number of hydrogen-bond donors (Lipinski definition) is 0. The van der Waals surface area contributed by atoms with Crippen molar-refractivity contribution in [3.63, 3.8) is 0 Å². The minimum atomic E-state index is -0.105. The monoisotopic (exact) mass is 376 g/mol. The number of hydrogen-bond acceptors (Lipinski definition) is 4. The summed E-state index contributed by atoms with van der Waals surface area (Å²) in [6.07, 6.45) is 3.55. The van der Waals surface area contributed by atoms with E-state index in [9.17, 15) is 4.79 Å². The quantitative estimate of drug-likeness (QED) is 0.671. The molecule has 0 spiro atoms. The minimum absolute atomic E-state index is 0.0245. The van der Waals surface area contributed by atoms with Crippen molar-refractivity contribution >= 4 is 11.9 Å². The zero-order valence-electron chi connectivity index (χ0n) is 16.2. The van der Waals surface area contributed by atoms with Crippen molar-refractivity contribution in [1.29, 1.82) is 0 Å². The van der Waals surface area contributed by atoms with E-state index >= 15 is 0 Å². The molecule has 0 aliphatic carbocycles. The van der Waals surface area contributed by atoms with Gasteiger partial charge in [-0.25, -0.2) is 4.68 Å². The van der Waals surface area contributed by atoms with Gasteiger partial charge in [-0.1, -0.05) is 49.4 Å². The van der Waals surface area contributed by atoms with Crippen LogP contribution >= 0.6 is 0 Å². The van der Waals surface area contributed by atoms with Crippen LogP contribution in [-0.4, -0.2) is 27.8 Å². The fourth-order valence-electron chi connectivity index (χ4n) is 3.88. The molecule has 28 heavy (non-hydrogen) atoms. The number of fused-ring (bicyclic) bond motifs is 1. The summed E-state index contributed by atoms with van der Waals surface area (Å²) >= 11 is 0. The third-order valence-corrected chi connectivity index (χ3v) is 5.24. The highest BCUT2D eigenvalue weighted by Gasteiger charge is 2.38. The summed E-state index contributed by atoms with van der Waals surface area (Å²) in [5.41, 5.74) is 2.23. The number of nitrogens with zero attached hydrogens (tertiary/aromatic N) is 4.